The molecule has 0 aliphatic carbocycles. The van der Waals surface area contributed by atoms with Gasteiger partial charge in [0, 0.05) is 6.54 Å². The number of fused-ring (bicyclic) bond motifs is 3. The molecule has 0 radical (unpaired) electrons. The number of hydrogen-bond acceptors (Lipinski definition) is 4. The third kappa shape index (κ3) is 2.63. The highest BCUT2D eigenvalue weighted by Gasteiger charge is 2.19. The number of H-pyrrole nitrogens is 1. The average Bonchev–Trinajstić information content (AvgIpc) is 3.08. The molecule has 0 aliphatic heterocycles. The lowest BCUT2D eigenvalue weighted by Gasteiger charge is -2.08. The highest BCUT2D eigenvalue weighted by atomic mass is 16.2. The van der Waals surface area contributed by atoms with E-state index in [0.717, 1.165) is 16.7 Å². The molecule has 7 nitrogen and oxygen atoms in total. The van der Waals surface area contributed by atoms with Crippen LogP contribution in [0.2, 0.25) is 0 Å². The molecule has 2 aromatic carbocycles. The van der Waals surface area contributed by atoms with E-state index in [1.807, 2.05) is 50.2 Å². The van der Waals surface area contributed by atoms with E-state index < -0.39 is 11.5 Å². The Morgan fingerprint density at radius 1 is 1.19 bits per heavy atom. The van der Waals surface area contributed by atoms with Gasteiger partial charge in [0.05, 0.1) is 11.0 Å². The Morgan fingerprint density at radius 3 is 2.85 bits per heavy atom. The van der Waals surface area contributed by atoms with Crippen LogP contribution >= 0.6 is 0 Å². The third-order valence-electron chi connectivity index (χ3n) is 4.42. The van der Waals surface area contributed by atoms with Crippen molar-refractivity contribution in [3.8, 4) is 0 Å². The molecule has 2 N–H and O–H groups in total. The smallest absolute Gasteiger partial charge is 0.277 e. The maximum Gasteiger partial charge on any atom is 0.277 e. The summed E-state index contributed by atoms with van der Waals surface area (Å²) in [6.45, 7) is 4.35. The number of hydrogen-bond donors (Lipinski definition) is 2. The van der Waals surface area contributed by atoms with E-state index in [1.165, 1.54) is 4.52 Å². The molecule has 0 atom stereocenters. The topological polar surface area (TPSA) is 92.2 Å². The summed E-state index contributed by atoms with van der Waals surface area (Å²) in [6, 6.07) is 13.3. The van der Waals surface area contributed by atoms with E-state index >= 15 is 0 Å². The molecule has 1 amide bonds. The van der Waals surface area contributed by atoms with Crippen molar-refractivity contribution < 1.29 is 4.79 Å². The lowest BCUT2D eigenvalue weighted by Crippen LogP contribution is -2.25. The van der Waals surface area contributed by atoms with Crippen LogP contribution in [0.3, 0.4) is 0 Å². The molecule has 0 aliphatic rings. The zero-order valence-electron chi connectivity index (χ0n) is 14.4. The fraction of sp³-hybridized carbons (Fsp3) is 0.158. The molecule has 130 valence electrons. The summed E-state index contributed by atoms with van der Waals surface area (Å²) in [5, 5.41) is 10.8. The SMILES string of the molecule is Cc1ccc(C)c(CNC(=O)c2nnn3c2c(=O)[nH]c2ccccc23)c1. The first kappa shape index (κ1) is 16.0. The lowest BCUT2D eigenvalue weighted by molar-refractivity contribution is 0.0947. The zero-order valence-corrected chi connectivity index (χ0v) is 14.4. The molecule has 7 heteroatoms. The van der Waals surface area contributed by atoms with Crippen molar-refractivity contribution >= 4 is 22.5 Å². The Morgan fingerprint density at radius 2 is 2.00 bits per heavy atom. The number of amides is 1. The second-order valence-corrected chi connectivity index (χ2v) is 6.28. The molecule has 0 fully saturated rings. The number of nitrogens with one attached hydrogen (secondary N) is 2. The molecule has 0 saturated heterocycles. The molecular weight excluding hydrogens is 330 g/mol. The first-order valence-corrected chi connectivity index (χ1v) is 8.25. The molecule has 4 rings (SSSR count). The Balaban J connectivity index is 1.70. The zero-order chi connectivity index (χ0) is 18.3. The van der Waals surface area contributed by atoms with Gasteiger partial charge in [0.15, 0.2) is 11.2 Å². The van der Waals surface area contributed by atoms with Crippen molar-refractivity contribution in [2.75, 3.05) is 0 Å². The van der Waals surface area contributed by atoms with E-state index in [-0.39, 0.29) is 11.2 Å². The average molecular weight is 347 g/mol. The summed E-state index contributed by atoms with van der Waals surface area (Å²) >= 11 is 0. The molecule has 0 bridgehead atoms. The molecule has 2 aromatic heterocycles. The number of aromatic nitrogens is 4. The molecule has 0 spiro atoms. The Labute approximate surface area is 148 Å². The standard InChI is InChI=1S/C19H17N5O2/c1-11-7-8-12(2)13(9-11)10-20-18(25)16-17-19(26)21-14-5-3-4-6-15(14)24(17)23-22-16/h3-9H,10H2,1-2H3,(H,20,25)(H,21,26). The number of para-hydroxylation sites is 2. The van der Waals surface area contributed by atoms with Gasteiger partial charge in [-0.15, -0.1) is 5.10 Å². The van der Waals surface area contributed by atoms with Gasteiger partial charge < -0.3 is 10.3 Å². The molecule has 4 aromatic rings. The Kier molecular flexibility index (Phi) is 3.76. The van der Waals surface area contributed by atoms with Crippen molar-refractivity contribution in [3.63, 3.8) is 0 Å². The Bertz CT molecular complexity index is 1210. The predicted octanol–water partition coefficient (Wildman–Crippen LogP) is 2.12. The van der Waals surface area contributed by atoms with Gasteiger partial charge in [-0.05, 0) is 37.1 Å². The van der Waals surface area contributed by atoms with E-state index in [9.17, 15) is 9.59 Å². The van der Waals surface area contributed by atoms with Gasteiger partial charge in [0.1, 0.15) is 0 Å². The van der Waals surface area contributed by atoms with Gasteiger partial charge in [-0.2, -0.15) is 0 Å². The first-order valence-electron chi connectivity index (χ1n) is 8.25. The van der Waals surface area contributed by atoms with Gasteiger partial charge in [-0.3, -0.25) is 9.59 Å². The summed E-state index contributed by atoms with van der Waals surface area (Å²) in [4.78, 5) is 27.8. The molecule has 2 heterocycles. The molecule has 26 heavy (non-hydrogen) atoms. The van der Waals surface area contributed by atoms with Crippen molar-refractivity contribution in [2.45, 2.75) is 20.4 Å². The largest absolute Gasteiger partial charge is 0.346 e. The van der Waals surface area contributed by atoms with E-state index in [4.69, 9.17) is 0 Å². The van der Waals surface area contributed by atoms with Gasteiger partial charge in [-0.1, -0.05) is 41.1 Å². The Hall–Kier alpha value is -3.48. The minimum Gasteiger partial charge on any atom is -0.346 e. The van der Waals surface area contributed by atoms with Gasteiger partial charge >= 0.3 is 0 Å². The highest BCUT2D eigenvalue weighted by Crippen LogP contribution is 2.13. The maximum absolute atomic E-state index is 12.6. The van der Waals surface area contributed by atoms with Crippen LogP contribution in [0.25, 0.3) is 16.6 Å². The number of carbonyl (C=O) groups is 1. The van der Waals surface area contributed by atoms with E-state index in [0.29, 0.717) is 17.6 Å². The van der Waals surface area contributed by atoms with Gasteiger partial charge in [0.2, 0.25) is 0 Å². The molecular formula is C19H17N5O2. The summed E-state index contributed by atoms with van der Waals surface area (Å²) < 4.78 is 1.40. The maximum atomic E-state index is 12.6. The van der Waals surface area contributed by atoms with E-state index in [2.05, 4.69) is 20.6 Å². The van der Waals surface area contributed by atoms with Crippen LogP contribution in [-0.4, -0.2) is 25.7 Å². The molecule has 0 saturated carbocycles. The van der Waals surface area contributed by atoms with Gasteiger partial charge in [0.25, 0.3) is 11.5 Å². The lowest BCUT2D eigenvalue weighted by atomic mass is 10.1. The van der Waals surface area contributed by atoms with Crippen molar-refractivity contribution in [3.05, 3.63) is 75.2 Å². The normalized spacial score (nSPS) is 11.2. The monoisotopic (exact) mass is 347 g/mol. The van der Waals surface area contributed by atoms with Crippen molar-refractivity contribution in [1.29, 1.82) is 0 Å². The number of aromatic amines is 1. The number of benzene rings is 2. The fourth-order valence-electron chi connectivity index (χ4n) is 3.00. The third-order valence-corrected chi connectivity index (χ3v) is 4.42. The minimum atomic E-state index is -0.429. The quantitative estimate of drug-likeness (QED) is 0.594. The number of nitrogens with zero attached hydrogens (tertiary/aromatic N) is 3. The van der Waals surface area contributed by atoms with Crippen LogP contribution in [0.4, 0.5) is 0 Å². The second-order valence-electron chi connectivity index (χ2n) is 6.28. The van der Waals surface area contributed by atoms with Crippen LogP contribution < -0.4 is 10.9 Å². The van der Waals surface area contributed by atoms with Gasteiger partial charge in [-0.25, -0.2) is 4.52 Å². The number of aryl methyl sites for hydroxylation is 2. The van der Waals surface area contributed by atoms with Crippen LogP contribution in [0.1, 0.15) is 27.2 Å². The molecule has 0 unspecified atom stereocenters. The van der Waals surface area contributed by atoms with Crippen LogP contribution in [-0.2, 0) is 6.54 Å². The number of rotatable bonds is 3. The van der Waals surface area contributed by atoms with E-state index in [1.54, 1.807) is 6.07 Å². The van der Waals surface area contributed by atoms with Crippen LogP contribution in [0.5, 0.6) is 0 Å². The summed E-state index contributed by atoms with van der Waals surface area (Å²) in [5.41, 5.74) is 4.31. The van der Waals surface area contributed by atoms with Crippen molar-refractivity contribution in [2.24, 2.45) is 0 Å². The second kappa shape index (κ2) is 6.11. The summed E-state index contributed by atoms with van der Waals surface area (Å²) in [7, 11) is 0. The predicted molar refractivity (Wildman–Crippen MR) is 98.2 cm³/mol. The van der Waals surface area contributed by atoms with Crippen LogP contribution in [0, 0.1) is 13.8 Å². The summed E-state index contributed by atoms with van der Waals surface area (Å²) in [5.74, 6) is -0.429. The first-order chi connectivity index (χ1) is 12.5. The number of carbonyl (C=O) groups excluding carboxylic acids is 1. The fourth-order valence-corrected chi connectivity index (χ4v) is 3.00. The highest BCUT2D eigenvalue weighted by molar-refractivity contribution is 5.99. The van der Waals surface area contributed by atoms with Crippen molar-refractivity contribution in [1.82, 2.24) is 25.1 Å². The van der Waals surface area contributed by atoms with Crippen LogP contribution in [0.15, 0.2) is 47.3 Å². The summed E-state index contributed by atoms with van der Waals surface area (Å²) in [6.07, 6.45) is 0. The minimum absolute atomic E-state index is 0.0160.